The molecule has 3 N–H and O–H groups in total. The predicted molar refractivity (Wildman–Crippen MR) is 145 cm³/mol. The fourth-order valence-corrected chi connectivity index (χ4v) is 6.93. The quantitative estimate of drug-likeness (QED) is 0.404. The third kappa shape index (κ3) is 5.61. The van der Waals surface area contributed by atoms with Crippen LogP contribution in [0.2, 0.25) is 0 Å². The third-order valence-electron chi connectivity index (χ3n) is 7.91. The van der Waals surface area contributed by atoms with Crippen LogP contribution in [0.1, 0.15) is 75.6 Å². The van der Waals surface area contributed by atoms with E-state index in [0.29, 0.717) is 31.6 Å². The smallest absolute Gasteiger partial charge is 0.240 e. The molecular weight excluding hydrogens is 486 g/mol. The number of carbonyl (C=O) groups excluding carboxylic acids is 1. The van der Waals surface area contributed by atoms with E-state index in [-0.39, 0.29) is 22.8 Å². The lowest BCUT2D eigenvalue weighted by atomic mass is 9.84. The summed E-state index contributed by atoms with van der Waals surface area (Å²) in [6, 6.07) is 16.2. The Hall–Kier alpha value is -2.68. The molecule has 3 aromatic rings. The SMILES string of the molecule is Cn1c(C2CC2)cc2ccc(S(=O)(=O)N[C@H]3CC[C@H](C(=O)N[C@@H](c4ccccc4)C(C)(C)O)CC3)cc21. The van der Waals surface area contributed by atoms with Crippen LogP contribution in [0.3, 0.4) is 0 Å². The van der Waals surface area contributed by atoms with Crippen molar-refractivity contribution in [1.82, 2.24) is 14.6 Å². The standard InChI is InChI=1S/C29H37N3O4S/c1-29(2,34)27(20-7-5-4-6-8-20)30-28(33)21-11-14-23(15-12-21)31-37(35,36)24-16-13-22-17-25(19-9-10-19)32(3)26(22)18-24/h4-8,13,16-19,21,23,27,31,34H,9-12,14-15H2,1-3H3,(H,30,33)/t21-,23-,27-/m0/s1. The molecule has 37 heavy (non-hydrogen) atoms. The van der Waals surface area contributed by atoms with Crippen LogP contribution in [0.4, 0.5) is 0 Å². The molecule has 0 spiro atoms. The topological polar surface area (TPSA) is 100 Å². The van der Waals surface area contributed by atoms with Crippen LogP contribution >= 0.6 is 0 Å². The summed E-state index contributed by atoms with van der Waals surface area (Å²) < 4.78 is 31.4. The van der Waals surface area contributed by atoms with E-state index in [2.05, 4.69) is 20.7 Å². The molecule has 7 nitrogen and oxygen atoms in total. The van der Waals surface area contributed by atoms with Gasteiger partial charge in [-0.05, 0) is 87.4 Å². The van der Waals surface area contributed by atoms with Crippen LogP contribution in [-0.2, 0) is 21.9 Å². The minimum Gasteiger partial charge on any atom is -0.388 e. The third-order valence-corrected chi connectivity index (χ3v) is 9.42. The van der Waals surface area contributed by atoms with E-state index in [1.54, 1.807) is 26.0 Å². The lowest BCUT2D eigenvalue weighted by molar-refractivity contribution is -0.128. The zero-order valence-corrected chi connectivity index (χ0v) is 22.6. The van der Waals surface area contributed by atoms with E-state index < -0.39 is 21.7 Å². The molecule has 1 amide bonds. The number of carbonyl (C=O) groups is 1. The zero-order valence-electron chi connectivity index (χ0n) is 21.8. The molecular formula is C29H37N3O4S. The Morgan fingerprint density at radius 3 is 2.30 bits per heavy atom. The minimum atomic E-state index is -3.67. The van der Waals surface area contributed by atoms with Crippen molar-refractivity contribution in [3.63, 3.8) is 0 Å². The van der Waals surface area contributed by atoms with Crippen molar-refractivity contribution in [3.05, 3.63) is 65.9 Å². The summed E-state index contributed by atoms with van der Waals surface area (Å²) in [5.74, 6) is 0.280. The Morgan fingerprint density at radius 1 is 1.00 bits per heavy atom. The van der Waals surface area contributed by atoms with Gasteiger partial charge >= 0.3 is 0 Å². The summed E-state index contributed by atoms with van der Waals surface area (Å²) in [5, 5.41) is 14.8. The van der Waals surface area contributed by atoms with Crippen molar-refractivity contribution in [3.8, 4) is 0 Å². The van der Waals surface area contributed by atoms with Crippen LogP contribution in [0, 0.1) is 5.92 Å². The molecule has 2 fully saturated rings. The number of benzene rings is 2. The van der Waals surface area contributed by atoms with Gasteiger partial charge in [0.1, 0.15) is 0 Å². The summed E-state index contributed by atoms with van der Waals surface area (Å²) in [4.78, 5) is 13.4. The Bertz CT molecular complexity index is 1380. The van der Waals surface area contributed by atoms with Gasteiger partial charge in [0.25, 0.3) is 0 Å². The van der Waals surface area contributed by atoms with Crippen molar-refractivity contribution >= 4 is 26.8 Å². The fourth-order valence-electron chi connectivity index (χ4n) is 5.60. The molecule has 0 unspecified atom stereocenters. The van der Waals surface area contributed by atoms with Crippen LogP contribution in [0.25, 0.3) is 10.9 Å². The first kappa shape index (κ1) is 25.9. The van der Waals surface area contributed by atoms with Crippen molar-refractivity contribution in [2.75, 3.05) is 0 Å². The molecule has 2 aromatic carbocycles. The van der Waals surface area contributed by atoms with Crippen LogP contribution in [-0.4, -0.2) is 35.6 Å². The second-order valence-corrected chi connectivity index (χ2v) is 13.0. The van der Waals surface area contributed by atoms with Crippen LogP contribution < -0.4 is 10.0 Å². The molecule has 5 rings (SSSR count). The number of fused-ring (bicyclic) bond motifs is 1. The highest BCUT2D eigenvalue weighted by atomic mass is 32.2. The highest BCUT2D eigenvalue weighted by Crippen LogP contribution is 2.42. The molecule has 8 heteroatoms. The van der Waals surface area contributed by atoms with Crippen molar-refractivity contribution in [1.29, 1.82) is 0 Å². The number of nitrogens with one attached hydrogen (secondary N) is 2. The molecule has 0 aliphatic heterocycles. The average molecular weight is 524 g/mol. The van der Waals surface area contributed by atoms with E-state index in [1.807, 2.05) is 43.4 Å². The number of amides is 1. The number of rotatable bonds is 8. The molecule has 2 aliphatic carbocycles. The minimum absolute atomic E-state index is 0.0992. The van der Waals surface area contributed by atoms with Gasteiger partial charge in [-0.2, -0.15) is 0 Å². The predicted octanol–water partition coefficient (Wildman–Crippen LogP) is 4.52. The van der Waals surface area contributed by atoms with E-state index in [0.717, 1.165) is 16.5 Å². The van der Waals surface area contributed by atoms with Crippen LogP contribution in [0.5, 0.6) is 0 Å². The normalized spacial score (nSPS) is 21.6. The maximum atomic E-state index is 13.2. The van der Waals surface area contributed by atoms with Gasteiger partial charge in [-0.15, -0.1) is 0 Å². The number of hydrogen-bond donors (Lipinski definition) is 3. The maximum absolute atomic E-state index is 13.2. The molecule has 198 valence electrons. The monoisotopic (exact) mass is 523 g/mol. The second kappa shape index (κ2) is 9.89. The first-order valence-corrected chi connectivity index (χ1v) is 14.7. The highest BCUT2D eigenvalue weighted by Gasteiger charge is 2.34. The molecule has 1 atom stereocenters. The van der Waals surface area contributed by atoms with E-state index in [9.17, 15) is 18.3 Å². The van der Waals surface area contributed by atoms with Crippen LogP contribution in [0.15, 0.2) is 59.5 Å². The van der Waals surface area contributed by atoms with Crippen molar-refractivity contribution in [2.24, 2.45) is 13.0 Å². The lowest BCUT2D eigenvalue weighted by Gasteiger charge is -2.34. The number of nitrogens with zero attached hydrogens (tertiary/aromatic N) is 1. The fraction of sp³-hybridized carbons (Fsp3) is 0.483. The van der Waals surface area contributed by atoms with Gasteiger partial charge in [0.05, 0.1) is 16.5 Å². The largest absolute Gasteiger partial charge is 0.388 e. The van der Waals surface area contributed by atoms with E-state index >= 15 is 0 Å². The first-order chi connectivity index (χ1) is 17.5. The number of aliphatic hydroxyl groups is 1. The van der Waals surface area contributed by atoms with Gasteiger partial charge in [0.2, 0.25) is 15.9 Å². The Balaban J connectivity index is 1.21. The van der Waals surface area contributed by atoms with Crippen molar-refractivity contribution < 1.29 is 18.3 Å². The van der Waals surface area contributed by atoms with Gasteiger partial charge in [0, 0.05) is 30.2 Å². The summed E-state index contributed by atoms with van der Waals surface area (Å²) in [5.41, 5.74) is 1.94. The van der Waals surface area contributed by atoms with Crippen molar-refractivity contribution in [2.45, 2.75) is 80.9 Å². The first-order valence-electron chi connectivity index (χ1n) is 13.2. The number of aromatic nitrogens is 1. The summed E-state index contributed by atoms with van der Waals surface area (Å²) in [7, 11) is -1.67. The van der Waals surface area contributed by atoms with Gasteiger partial charge in [-0.1, -0.05) is 36.4 Å². The molecule has 1 heterocycles. The van der Waals surface area contributed by atoms with E-state index in [1.165, 1.54) is 18.5 Å². The highest BCUT2D eigenvalue weighted by molar-refractivity contribution is 7.89. The van der Waals surface area contributed by atoms with Gasteiger partial charge in [-0.3, -0.25) is 4.79 Å². The zero-order chi connectivity index (χ0) is 26.4. The molecule has 0 bridgehead atoms. The molecule has 2 saturated carbocycles. The Labute approximate surface area is 219 Å². The number of sulfonamides is 1. The lowest BCUT2D eigenvalue weighted by Crippen LogP contribution is -2.46. The molecule has 1 aromatic heterocycles. The number of aryl methyl sites for hydroxylation is 1. The summed E-state index contributed by atoms with van der Waals surface area (Å²) >= 11 is 0. The Kier molecular flexibility index (Phi) is 6.94. The summed E-state index contributed by atoms with van der Waals surface area (Å²) in [6.07, 6.45) is 4.76. The second-order valence-electron chi connectivity index (χ2n) is 11.3. The molecule has 0 saturated heterocycles. The van der Waals surface area contributed by atoms with Gasteiger partial charge in [-0.25, -0.2) is 13.1 Å². The van der Waals surface area contributed by atoms with Gasteiger partial charge in [0.15, 0.2) is 0 Å². The molecule has 2 aliphatic rings. The average Bonchev–Trinajstić information content (AvgIpc) is 3.65. The number of hydrogen-bond acceptors (Lipinski definition) is 4. The van der Waals surface area contributed by atoms with E-state index in [4.69, 9.17) is 0 Å². The molecule has 0 radical (unpaired) electrons. The Morgan fingerprint density at radius 2 is 1.68 bits per heavy atom. The summed E-state index contributed by atoms with van der Waals surface area (Å²) in [6.45, 7) is 3.38. The van der Waals surface area contributed by atoms with Gasteiger partial charge < -0.3 is 15.0 Å². The maximum Gasteiger partial charge on any atom is 0.240 e.